The van der Waals surface area contributed by atoms with Crippen LogP contribution >= 0.6 is 0 Å². The van der Waals surface area contributed by atoms with Crippen molar-refractivity contribution in [1.29, 1.82) is 0 Å². The van der Waals surface area contributed by atoms with Gasteiger partial charge in [-0.2, -0.15) is 0 Å². The molecule has 0 aliphatic carbocycles. The zero-order chi connectivity index (χ0) is 18.3. The van der Waals surface area contributed by atoms with Crippen molar-refractivity contribution in [2.24, 2.45) is 0 Å². The summed E-state index contributed by atoms with van der Waals surface area (Å²) in [6, 6.07) is 19.2. The van der Waals surface area contributed by atoms with Crippen molar-refractivity contribution < 1.29 is 4.43 Å². The van der Waals surface area contributed by atoms with E-state index in [1.54, 1.807) is 0 Å². The third kappa shape index (κ3) is 5.67. The quantitative estimate of drug-likeness (QED) is 0.640. The van der Waals surface area contributed by atoms with Gasteiger partial charge in [0.15, 0.2) is 0 Å². The predicted molar refractivity (Wildman–Crippen MR) is 111 cm³/mol. The molecule has 0 aromatic heterocycles. The van der Waals surface area contributed by atoms with E-state index in [0.29, 0.717) is 0 Å². The summed E-state index contributed by atoms with van der Waals surface area (Å²) in [4.78, 5) is 2.42. The summed E-state index contributed by atoms with van der Waals surface area (Å²) in [6.45, 7) is 15.7. The number of nitrogens with zero attached hydrogens (tertiary/aromatic N) is 1. The van der Waals surface area contributed by atoms with Crippen LogP contribution in [-0.4, -0.2) is 39.2 Å². The van der Waals surface area contributed by atoms with E-state index in [0.717, 1.165) is 25.2 Å². The Kier molecular flexibility index (Phi) is 7.18. The average molecular weight is 353 g/mol. The SMILES string of the molecule is C=Cc1cccc([Si](OC(C)(C)CN(CC)CC)c2ccccc2)c1. The summed E-state index contributed by atoms with van der Waals surface area (Å²) in [7, 11) is -1.32. The Bertz CT molecular complexity index is 665. The third-order valence-corrected chi connectivity index (χ3v) is 6.75. The zero-order valence-corrected chi connectivity index (χ0v) is 17.0. The Morgan fingerprint density at radius 1 is 1.00 bits per heavy atom. The molecule has 0 amide bonds. The molecule has 0 N–H and O–H groups in total. The molecule has 2 aromatic carbocycles. The van der Waals surface area contributed by atoms with Crippen molar-refractivity contribution in [3.8, 4) is 0 Å². The van der Waals surface area contributed by atoms with Crippen molar-refractivity contribution in [3.63, 3.8) is 0 Å². The molecular weight excluding hydrogens is 322 g/mol. The van der Waals surface area contributed by atoms with Crippen LogP contribution in [-0.2, 0) is 4.43 Å². The maximum Gasteiger partial charge on any atom is 0.283 e. The van der Waals surface area contributed by atoms with Crippen LogP contribution in [0.5, 0.6) is 0 Å². The van der Waals surface area contributed by atoms with Crippen LogP contribution in [0.25, 0.3) is 6.08 Å². The number of rotatable bonds is 9. The molecule has 0 aliphatic heterocycles. The van der Waals surface area contributed by atoms with Gasteiger partial charge in [-0.3, -0.25) is 0 Å². The summed E-state index contributed by atoms with van der Waals surface area (Å²) < 4.78 is 6.77. The molecule has 0 fully saturated rings. The molecule has 0 heterocycles. The molecule has 0 spiro atoms. The van der Waals surface area contributed by atoms with Gasteiger partial charge in [-0.1, -0.05) is 81.1 Å². The Hall–Kier alpha value is -1.68. The van der Waals surface area contributed by atoms with Crippen molar-refractivity contribution >= 4 is 25.5 Å². The van der Waals surface area contributed by atoms with Crippen molar-refractivity contribution in [2.45, 2.75) is 33.3 Å². The first-order chi connectivity index (χ1) is 12.0. The van der Waals surface area contributed by atoms with Crippen LogP contribution in [0.2, 0.25) is 0 Å². The minimum Gasteiger partial charge on any atom is -0.401 e. The molecule has 2 rings (SSSR count). The second-order valence-corrected chi connectivity index (χ2v) is 8.86. The van der Waals surface area contributed by atoms with Crippen molar-refractivity contribution in [1.82, 2.24) is 4.90 Å². The number of benzene rings is 2. The molecule has 25 heavy (non-hydrogen) atoms. The molecule has 0 aliphatic rings. The predicted octanol–water partition coefficient (Wildman–Crippen LogP) is 3.57. The molecule has 0 atom stereocenters. The van der Waals surface area contributed by atoms with Crippen LogP contribution in [0, 0.1) is 0 Å². The fourth-order valence-electron chi connectivity index (χ4n) is 2.98. The lowest BCUT2D eigenvalue weighted by Crippen LogP contribution is -2.53. The minimum atomic E-state index is -1.32. The summed E-state index contributed by atoms with van der Waals surface area (Å²) in [5, 5.41) is 2.54. The van der Waals surface area contributed by atoms with Crippen molar-refractivity contribution in [2.75, 3.05) is 19.6 Å². The fraction of sp³-hybridized carbons (Fsp3) is 0.364. The first-order valence-corrected chi connectivity index (χ1v) is 10.5. The van der Waals surface area contributed by atoms with Crippen LogP contribution in [0.15, 0.2) is 61.2 Å². The second kappa shape index (κ2) is 9.14. The Labute approximate surface area is 154 Å². The average Bonchev–Trinajstić information content (AvgIpc) is 2.65. The van der Waals surface area contributed by atoms with E-state index in [9.17, 15) is 0 Å². The largest absolute Gasteiger partial charge is 0.401 e. The van der Waals surface area contributed by atoms with Crippen LogP contribution < -0.4 is 10.4 Å². The number of hydrogen-bond donors (Lipinski definition) is 0. The van der Waals surface area contributed by atoms with Gasteiger partial charge in [-0.15, -0.1) is 0 Å². The highest BCUT2D eigenvalue weighted by molar-refractivity contribution is 6.80. The van der Waals surface area contributed by atoms with E-state index in [2.05, 4.69) is 93.8 Å². The maximum absolute atomic E-state index is 6.77. The molecule has 133 valence electrons. The molecule has 1 radical (unpaired) electrons. The molecule has 0 bridgehead atoms. The van der Waals surface area contributed by atoms with Gasteiger partial charge in [0, 0.05) is 6.54 Å². The van der Waals surface area contributed by atoms with Crippen LogP contribution in [0.4, 0.5) is 0 Å². The Morgan fingerprint density at radius 3 is 2.24 bits per heavy atom. The molecule has 0 saturated heterocycles. The molecule has 2 nitrogen and oxygen atoms in total. The lowest BCUT2D eigenvalue weighted by Gasteiger charge is -2.35. The van der Waals surface area contributed by atoms with Gasteiger partial charge in [-0.25, -0.2) is 0 Å². The maximum atomic E-state index is 6.77. The van der Waals surface area contributed by atoms with Gasteiger partial charge in [0.25, 0.3) is 9.04 Å². The number of likely N-dealkylation sites (N-methyl/N-ethyl adjacent to an activating group) is 1. The summed E-state index contributed by atoms with van der Waals surface area (Å²) >= 11 is 0. The smallest absolute Gasteiger partial charge is 0.283 e. The molecule has 2 aromatic rings. The number of hydrogen-bond acceptors (Lipinski definition) is 2. The Morgan fingerprint density at radius 2 is 1.64 bits per heavy atom. The highest BCUT2D eigenvalue weighted by Gasteiger charge is 2.29. The molecule has 0 saturated carbocycles. The second-order valence-electron chi connectivity index (χ2n) is 6.85. The van der Waals surface area contributed by atoms with E-state index in [-0.39, 0.29) is 5.60 Å². The lowest BCUT2D eigenvalue weighted by atomic mass is 10.1. The van der Waals surface area contributed by atoms with Gasteiger partial charge in [0.2, 0.25) is 0 Å². The van der Waals surface area contributed by atoms with Gasteiger partial charge in [0.05, 0.1) is 5.60 Å². The summed E-state index contributed by atoms with van der Waals surface area (Å²) in [5.74, 6) is 0. The third-order valence-electron chi connectivity index (χ3n) is 4.30. The first-order valence-electron chi connectivity index (χ1n) is 9.05. The van der Waals surface area contributed by atoms with Crippen LogP contribution in [0.1, 0.15) is 33.3 Å². The topological polar surface area (TPSA) is 12.5 Å². The first kappa shape index (κ1) is 19.6. The fourth-order valence-corrected chi connectivity index (χ4v) is 5.20. The van der Waals surface area contributed by atoms with Gasteiger partial charge in [0.1, 0.15) is 0 Å². The Balaban J connectivity index is 2.33. The molecule has 3 heteroatoms. The molecular formula is C22H30NOSi. The van der Waals surface area contributed by atoms with Gasteiger partial charge >= 0.3 is 0 Å². The standard InChI is InChI=1S/C22H30NOSi/c1-6-19-13-12-16-21(17-19)25(20-14-10-9-11-15-20)24-22(4,5)18-23(7-2)8-3/h6,9-17H,1,7-8,18H2,2-5H3. The minimum absolute atomic E-state index is 0.208. The monoisotopic (exact) mass is 352 g/mol. The molecule has 0 unspecified atom stereocenters. The lowest BCUT2D eigenvalue weighted by molar-refractivity contribution is 0.0656. The van der Waals surface area contributed by atoms with E-state index in [1.807, 2.05) is 6.08 Å². The van der Waals surface area contributed by atoms with E-state index in [1.165, 1.54) is 10.4 Å². The highest BCUT2D eigenvalue weighted by atomic mass is 28.3. The normalized spacial score (nSPS) is 11.9. The van der Waals surface area contributed by atoms with E-state index < -0.39 is 9.04 Å². The highest BCUT2D eigenvalue weighted by Crippen LogP contribution is 2.14. The summed E-state index contributed by atoms with van der Waals surface area (Å²) in [5.41, 5.74) is 0.932. The van der Waals surface area contributed by atoms with Crippen molar-refractivity contribution in [3.05, 3.63) is 66.7 Å². The van der Waals surface area contributed by atoms with E-state index in [4.69, 9.17) is 4.43 Å². The van der Waals surface area contributed by atoms with Gasteiger partial charge in [-0.05, 0) is 42.9 Å². The zero-order valence-electron chi connectivity index (χ0n) is 16.0. The van der Waals surface area contributed by atoms with E-state index >= 15 is 0 Å². The summed E-state index contributed by atoms with van der Waals surface area (Å²) in [6.07, 6.45) is 1.90. The van der Waals surface area contributed by atoms with Crippen LogP contribution in [0.3, 0.4) is 0 Å². The van der Waals surface area contributed by atoms with Gasteiger partial charge < -0.3 is 9.33 Å².